The normalized spacial score (nSPS) is 10.8. The summed E-state index contributed by atoms with van der Waals surface area (Å²) < 4.78 is 5.77. The summed E-state index contributed by atoms with van der Waals surface area (Å²) in [5.74, 6) is 0.999. The van der Waals surface area contributed by atoms with Crippen molar-refractivity contribution in [3.8, 4) is 11.5 Å². The summed E-state index contributed by atoms with van der Waals surface area (Å²) in [6, 6.07) is 17.3. The number of rotatable bonds is 7. The molecule has 0 radical (unpaired) electrons. The SMILES string of the molecule is OCCCN(Cc1nnc(-c2ccc(Cl)cc2)o1)c1ccccc1. The summed E-state index contributed by atoms with van der Waals surface area (Å²) in [4.78, 5) is 2.11. The van der Waals surface area contributed by atoms with E-state index in [4.69, 9.17) is 21.1 Å². The van der Waals surface area contributed by atoms with Gasteiger partial charge in [0.2, 0.25) is 11.8 Å². The lowest BCUT2D eigenvalue weighted by Crippen LogP contribution is -2.24. The van der Waals surface area contributed by atoms with Gasteiger partial charge in [-0.1, -0.05) is 29.8 Å². The zero-order valence-corrected chi connectivity index (χ0v) is 13.9. The van der Waals surface area contributed by atoms with Crippen LogP contribution in [-0.2, 0) is 6.54 Å². The molecule has 24 heavy (non-hydrogen) atoms. The van der Waals surface area contributed by atoms with E-state index in [0.29, 0.717) is 36.3 Å². The summed E-state index contributed by atoms with van der Waals surface area (Å²) in [7, 11) is 0. The van der Waals surface area contributed by atoms with Gasteiger partial charge in [0.05, 0.1) is 6.54 Å². The highest BCUT2D eigenvalue weighted by molar-refractivity contribution is 6.30. The minimum absolute atomic E-state index is 0.142. The third-order valence-corrected chi connectivity index (χ3v) is 3.84. The Morgan fingerprint density at radius 1 is 1.00 bits per heavy atom. The molecule has 3 rings (SSSR count). The number of hydrogen-bond acceptors (Lipinski definition) is 5. The molecule has 1 heterocycles. The first-order chi connectivity index (χ1) is 11.8. The molecule has 0 atom stereocenters. The van der Waals surface area contributed by atoms with Gasteiger partial charge in [-0.2, -0.15) is 0 Å². The zero-order chi connectivity index (χ0) is 16.8. The van der Waals surface area contributed by atoms with Crippen molar-refractivity contribution in [3.05, 3.63) is 65.5 Å². The summed E-state index contributed by atoms with van der Waals surface area (Å²) in [5.41, 5.74) is 1.89. The predicted octanol–water partition coefficient (Wildman–Crippen LogP) is 3.78. The van der Waals surface area contributed by atoms with Crippen LogP contribution in [0.1, 0.15) is 12.3 Å². The third kappa shape index (κ3) is 4.13. The molecule has 1 N–H and O–H groups in total. The number of nitrogens with zero attached hydrogens (tertiary/aromatic N) is 3. The third-order valence-electron chi connectivity index (χ3n) is 3.59. The number of halogens is 1. The first-order valence-corrected chi connectivity index (χ1v) is 8.13. The maximum absolute atomic E-state index is 9.11. The highest BCUT2D eigenvalue weighted by atomic mass is 35.5. The Bertz CT molecular complexity index is 759. The van der Waals surface area contributed by atoms with E-state index in [1.54, 1.807) is 12.1 Å². The van der Waals surface area contributed by atoms with Crippen molar-refractivity contribution in [2.24, 2.45) is 0 Å². The van der Waals surface area contributed by atoms with Crippen LogP contribution in [0, 0.1) is 0 Å². The molecule has 0 fully saturated rings. The van der Waals surface area contributed by atoms with E-state index in [9.17, 15) is 0 Å². The second-order valence-electron chi connectivity index (χ2n) is 5.34. The quantitative estimate of drug-likeness (QED) is 0.707. The molecule has 0 saturated carbocycles. The van der Waals surface area contributed by atoms with Crippen molar-refractivity contribution in [2.45, 2.75) is 13.0 Å². The smallest absolute Gasteiger partial charge is 0.247 e. The molecule has 124 valence electrons. The van der Waals surface area contributed by atoms with E-state index in [2.05, 4.69) is 15.1 Å². The number of aliphatic hydroxyl groups is 1. The topological polar surface area (TPSA) is 62.4 Å². The van der Waals surface area contributed by atoms with Crippen molar-refractivity contribution < 1.29 is 9.52 Å². The van der Waals surface area contributed by atoms with Gasteiger partial charge in [-0.3, -0.25) is 0 Å². The van der Waals surface area contributed by atoms with Crippen LogP contribution in [0.15, 0.2) is 59.0 Å². The Labute approximate surface area is 145 Å². The Hall–Kier alpha value is -2.37. The van der Waals surface area contributed by atoms with Crippen molar-refractivity contribution in [3.63, 3.8) is 0 Å². The van der Waals surface area contributed by atoms with E-state index in [-0.39, 0.29) is 6.61 Å². The Morgan fingerprint density at radius 3 is 2.46 bits per heavy atom. The highest BCUT2D eigenvalue weighted by Crippen LogP contribution is 2.22. The van der Waals surface area contributed by atoms with Crippen LogP contribution in [0.3, 0.4) is 0 Å². The fourth-order valence-corrected chi connectivity index (χ4v) is 2.52. The average molecular weight is 344 g/mol. The van der Waals surface area contributed by atoms with E-state index in [0.717, 1.165) is 11.3 Å². The molecule has 6 heteroatoms. The molecule has 0 spiro atoms. The second-order valence-corrected chi connectivity index (χ2v) is 5.78. The lowest BCUT2D eigenvalue weighted by Gasteiger charge is -2.22. The van der Waals surface area contributed by atoms with Crippen LogP contribution in [0.4, 0.5) is 5.69 Å². The summed E-state index contributed by atoms with van der Waals surface area (Å²) in [5, 5.41) is 18.0. The lowest BCUT2D eigenvalue weighted by atomic mass is 10.2. The lowest BCUT2D eigenvalue weighted by molar-refractivity contribution is 0.289. The Balaban J connectivity index is 1.76. The molecular weight excluding hydrogens is 326 g/mol. The molecule has 1 aromatic heterocycles. The molecule has 0 amide bonds. The van der Waals surface area contributed by atoms with E-state index < -0.39 is 0 Å². The Morgan fingerprint density at radius 2 is 1.75 bits per heavy atom. The van der Waals surface area contributed by atoms with Crippen LogP contribution in [0.5, 0.6) is 0 Å². The van der Waals surface area contributed by atoms with Gasteiger partial charge in [-0.15, -0.1) is 10.2 Å². The van der Waals surface area contributed by atoms with E-state index >= 15 is 0 Å². The first-order valence-electron chi connectivity index (χ1n) is 7.75. The molecule has 0 aliphatic heterocycles. The van der Waals surface area contributed by atoms with Gasteiger partial charge in [-0.25, -0.2) is 0 Å². The summed E-state index contributed by atoms with van der Waals surface area (Å²) in [6.07, 6.45) is 0.674. The number of aliphatic hydroxyl groups excluding tert-OH is 1. The van der Waals surface area contributed by atoms with Gasteiger partial charge < -0.3 is 14.4 Å². The van der Waals surface area contributed by atoms with Crippen LogP contribution in [0.2, 0.25) is 5.02 Å². The standard InChI is InChI=1S/C18H18ClN3O2/c19-15-9-7-14(8-10-15)18-21-20-17(24-18)13-22(11-4-12-23)16-5-2-1-3-6-16/h1-3,5-10,23H,4,11-13H2. The molecular formula is C18H18ClN3O2. The molecule has 0 unspecified atom stereocenters. The first kappa shape index (κ1) is 16.5. The molecule has 2 aromatic carbocycles. The highest BCUT2D eigenvalue weighted by Gasteiger charge is 2.13. The number of anilines is 1. The van der Waals surface area contributed by atoms with Gasteiger partial charge in [-0.05, 0) is 42.8 Å². The Kier molecular flexibility index (Phi) is 5.46. The second kappa shape index (κ2) is 7.95. The van der Waals surface area contributed by atoms with E-state index in [1.165, 1.54) is 0 Å². The number of aromatic nitrogens is 2. The molecule has 0 aliphatic carbocycles. The molecule has 3 aromatic rings. The zero-order valence-electron chi connectivity index (χ0n) is 13.1. The van der Waals surface area contributed by atoms with Crippen LogP contribution >= 0.6 is 11.6 Å². The van der Waals surface area contributed by atoms with Gasteiger partial charge in [0.15, 0.2) is 0 Å². The number of para-hydroxylation sites is 1. The van der Waals surface area contributed by atoms with Crippen LogP contribution in [-0.4, -0.2) is 28.5 Å². The largest absolute Gasteiger partial charge is 0.419 e. The van der Waals surface area contributed by atoms with E-state index in [1.807, 2.05) is 42.5 Å². The van der Waals surface area contributed by atoms with Crippen LogP contribution < -0.4 is 4.90 Å². The van der Waals surface area contributed by atoms with Gasteiger partial charge in [0.1, 0.15) is 0 Å². The molecule has 0 bridgehead atoms. The van der Waals surface area contributed by atoms with Crippen molar-refractivity contribution in [1.29, 1.82) is 0 Å². The fraction of sp³-hybridized carbons (Fsp3) is 0.222. The number of hydrogen-bond donors (Lipinski definition) is 1. The van der Waals surface area contributed by atoms with Gasteiger partial charge in [0, 0.05) is 29.4 Å². The molecule has 0 saturated heterocycles. The minimum atomic E-state index is 0.142. The monoisotopic (exact) mass is 343 g/mol. The van der Waals surface area contributed by atoms with Crippen molar-refractivity contribution in [2.75, 3.05) is 18.1 Å². The van der Waals surface area contributed by atoms with Crippen LogP contribution in [0.25, 0.3) is 11.5 Å². The molecule has 5 nitrogen and oxygen atoms in total. The van der Waals surface area contributed by atoms with Crippen molar-refractivity contribution >= 4 is 17.3 Å². The summed E-state index contributed by atoms with van der Waals surface area (Å²) >= 11 is 5.90. The maximum atomic E-state index is 9.11. The van der Waals surface area contributed by atoms with Gasteiger partial charge >= 0.3 is 0 Å². The predicted molar refractivity (Wildman–Crippen MR) is 93.9 cm³/mol. The van der Waals surface area contributed by atoms with Crippen molar-refractivity contribution in [1.82, 2.24) is 10.2 Å². The minimum Gasteiger partial charge on any atom is -0.419 e. The number of benzene rings is 2. The fourth-order valence-electron chi connectivity index (χ4n) is 2.39. The maximum Gasteiger partial charge on any atom is 0.247 e. The summed E-state index contributed by atoms with van der Waals surface area (Å²) in [6.45, 7) is 1.34. The van der Waals surface area contributed by atoms with Gasteiger partial charge in [0.25, 0.3) is 0 Å². The molecule has 0 aliphatic rings. The average Bonchev–Trinajstić information content (AvgIpc) is 3.08.